The van der Waals surface area contributed by atoms with Crippen LogP contribution in [0.15, 0.2) is 18.2 Å². The van der Waals surface area contributed by atoms with E-state index in [9.17, 15) is 4.79 Å². The number of carboxylic acid groups (broad SMARTS) is 1. The van der Waals surface area contributed by atoms with E-state index in [1.165, 1.54) is 16.9 Å². The fraction of sp³-hybridized carbons (Fsp3) is 0.231. The van der Waals surface area contributed by atoms with Crippen LogP contribution in [0.25, 0.3) is 10.4 Å². The van der Waals surface area contributed by atoms with Crippen molar-refractivity contribution < 1.29 is 9.90 Å². The quantitative estimate of drug-likeness (QED) is 0.884. The van der Waals surface area contributed by atoms with Gasteiger partial charge in [0.05, 0.1) is 9.88 Å². The van der Waals surface area contributed by atoms with Crippen LogP contribution in [0.2, 0.25) is 0 Å². The lowest BCUT2D eigenvalue weighted by atomic mass is 10.0. The largest absolute Gasteiger partial charge is 0.476 e. The lowest BCUT2D eigenvalue weighted by Gasteiger charge is -2.03. The van der Waals surface area contributed by atoms with Crippen LogP contribution >= 0.6 is 11.3 Å². The molecule has 0 amide bonds. The predicted octanol–water partition coefficient (Wildman–Crippen LogP) is 3.43. The summed E-state index contributed by atoms with van der Waals surface area (Å²) in [6.45, 7) is 5.88. The van der Waals surface area contributed by atoms with Crippen molar-refractivity contribution in [3.63, 3.8) is 0 Å². The highest BCUT2D eigenvalue weighted by molar-refractivity contribution is 7.15. The lowest BCUT2D eigenvalue weighted by Crippen LogP contribution is -1.98. The molecule has 1 aromatic carbocycles. The molecular weight excluding hydrogens is 234 g/mol. The van der Waals surface area contributed by atoms with E-state index < -0.39 is 5.97 Å². The van der Waals surface area contributed by atoms with Crippen LogP contribution in [-0.2, 0) is 0 Å². The van der Waals surface area contributed by atoms with Crippen molar-refractivity contribution in [2.45, 2.75) is 20.8 Å². The zero-order chi connectivity index (χ0) is 12.6. The zero-order valence-corrected chi connectivity index (χ0v) is 10.8. The van der Waals surface area contributed by atoms with Crippen molar-refractivity contribution in [2.24, 2.45) is 0 Å². The molecule has 0 saturated heterocycles. The Balaban J connectivity index is 2.59. The fourth-order valence-electron chi connectivity index (χ4n) is 1.65. The second-order valence-electron chi connectivity index (χ2n) is 4.01. The number of aromatic carboxylic acids is 1. The van der Waals surface area contributed by atoms with Gasteiger partial charge in [0.25, 0.3) is 0 Å². The van der Waals surface area contributed by atoms with E-state index >= 15 is 0 Å². The smallest absolute Gasteiger partial charge is 0.356 e. The molecule has 0 saturated carbocycles. The van der Waals surface area contributed by atoms with Gasteiger partial charge in [0, 0.05) is 0 Å². The number of aromatic nitrogens is 1. The Labute approximate surface area is 104 Å². The molecule has 0 aliphatic carbocycles. The molecule has 2 aromatic rings. The van der Waals surface area contributed by atoms with E-state index in [0.29, 0.717) is 0 Å². The van der Waals surface area contributed by atoms with Crippen LogP contribution in [0.3, 0.4) is 0 Å². The lowest BCUT2D eigenvalue weighted by molar-refractivity contribution is 0.0692. The molecule has 0 spiro atoms. The molecular formula is C13H13NO2S. The number of thiazole rings is 1. The first kappa shape index (κ1) is 11.8. The number of carbonyl (C=O) groups is 1. The Bertz CT molecular complexity index is 587. The summed E-state index contributed by atoms with van der Waals surface area (Å²) >= 11 is 1.42. The second-order valence-corrected chi connectivity index (χ2v) is 5.22. The van der Waals surface area contributed by atoms with E-state index in [1.54, 1.807) is 0 Å². The number of hydrogen-bond acceptors (Lipinski definition) is 3. The summed E-state index contributed by atoms with van der Waals surface area (Å²) in [5, 5.41) is 9.88. The molecule has 0 aliphatic rings. The van der Waals surface area contributed by atoms with Crippen LogP contribution in [0.5, 0.6) is 0 Å². The normalized spacial score (nSPS) is 10.5. The number of hydrogen-bond donors (Lipinski definition) is 1. The molecule has 1 N–H and O–H groups in total. The van der Waals surface area contributed by atoms with Gasteiger partial charge in [-0.05, 0) is 37.5 Å². The highest BCUT2D eigenvalue weighted by Gasteiger charge is 2.17. The summed E-state index contributed by atoms with van der Waals surface area (Å²) in [5.74, 6) is -0.970. The Morgan fingerprint density at radius 3 is 2.53 bits per heavy atom. The third kappa shape index (κ3) is 2.22. The minimum Gasteiger partial charge on any atom is -0.476 e. The number of nitrogens with zero attached hydrogens (tertiary/aromatic N) is 1. The molecule has 0 fully saturated rings. The number of benzene rings is 1. The van der Waals surface area contributed by atoms with Gasteiger partial charge in [-0.25, -0.2) is 9.78 Å². The van der Waals surface area contributed by atoms with Gasteiger partial charge in [0.1, 0.15) is 0 Å². The molecule has 0 aliphatic heterocycles. The van der Waals surface area contributed by atoms with Crippen molar-refractivity contribution in [3.05, 3.63) is 40.0 Å². The van der Waals surface area contributed by atoms with Crippen LogP contribution in [-0.4, -0.2) is 16.1 Å². The molecule has 3 nitrogen and oxygen atoms in total. The molecule has 1 heterocycles. The Morgan fingerprint density at radius 2 is 1.94 bits per heavy atom. The molecule has 2 rings (SSSR count). The average Bonchev–Trinajstić information content (AvgIpc) is 2.64. The van der Waals surface area contributed by atoms with Crippen molar-refractivity contribution in [1.29, 1.82) is 0 Å². The summed E-state index contributed by atoms with van der Waals surface area (Å²) in [4.78, 5) is 15.9. The first-order valence-corrected chi connectivity index (χ1v) is 6.09. The maximum atomic E-state index is 11.1. The molecule has 88 valence electrons. The van der Waals surface area contributed by atoms with Crippen molar-refractivity contribution in [2.75, 3.05) is 0 Å². The van der Waals surface area contributed by atoms with Crippen molar-refractivity contribution in [3.8, 4) is 10.4 Å². The molecule has 0 bridgehead atoms. The summed E-state index contributed by atoms with van der Waals surface area (Å²) in [6, 6.07) is 5.96. The third-order valence-corrected chi connectivity index (χ3v) is 3.73. The highest BCUT2D eigenvalue weighted by Crippen LogP contribution is 2.31. The van der Waals surface area contributed by atoms with Gasteiger partial charge < -0.3 is 5.11 Å². The van der Waals surface area contributed by atoms with Gasteiger partial charge in [0.2, 0.25) is 0 Å². The van der Waals surface area contributed by atoms with Crippen LogP contribution in [0.1, 0.15) is 26.6 Å². The second kappa shape index (κ2) is 4.30. The molecule has 0 atom stereocenters. The summed E-state index contributed by atoms with van der Waals surface area (Å²) in [6.07, 6.45) is 0. The van der Waals surface area contributed by atoms with Gasteiger partial charge in [-0.15, -0.1) is 11.3 Å². The van der Waals surface area contributed by atoms with Crippen LogP contribution in [0.4, 0.5) is 0 Å². The number of rotatable bonds is 2. The molecule has 1 aromatic heterocycles. The van der Waals surface area contributed by atoms with Crippen molar-refractivity contribution >= 4 is 17.3 Å². The van der Waals surface area contributed by atoms with Gasteiger partial charge >= 0.3 is 5.97 Å². The minimum atomic E-state index is -0.970. The Morgan fingerprint density at radius 1 is 1.24 bits per heavy atom. The van der Waals surface area contributed by atoms with E-state index in [-0.39, 0.29) is 5.69 Å². The van der Waals surface area contributed by atoms with E-state index in [1.807, 2.05) is 39.0 Å². The number of carboxylic acids is 1. The maximum absolute atomic E-state index is 11.1. The van der Waals surface area contributed by atoms with Crippen molar-refractivity contribution in [1.82, 2.24) is 4.98 Å². The highest BCUT2D eigenvalue weighted by atomic mass is 32.1. The van der Waals surface area contributed by atoms with E-state index in [0.717, 1.165) is 21.0 Å². The van der Waals surface area contributed by atoms with Gasteiger partial charge in [0.15, 0.2) is 5.69 Å². The minimum absolute atomic E-state index is 0.149. The van der Waals surface area contributed by atoms with E-state index in [2.05, 4.69) is 4.98 Å². The maximum Gasteiger partial charge on any atom is 0.356 e. The van der Waals surface area contributed by atoms with E-state index in [4.69, 9.17) is 5.11 Å². The van der Waals surface area contributed by atoms with Gasteiger partial charge in [-0.2, -0.15) is 0 Å². The molecule has 0 radical (unpaired) electrons. The molecule has 4 heteroatoms. The topological polar surface area (TPSA) is 50.2 Å². The number of aryl methyl sites for hydroxylation is 3. The van der Waals surface area contributed by atoms with Crippen LogP contribution in [0, 0.1) is 20.8 Å². The third-order valence-electron chi connectivity index (χ3n) is 2.71. The fourth-order valence-corrected chi connectivity index (χ4v) is 2.56. The molecule has 17 heavy (non-hydrogen) atoms. The van der Waals surface area contributed by atoms with Gasteiger partial charge in [-0.1, -0.05) is 18.2 Å². The standard InChI is InChI=1S/C13H13NO2S/c1-7-4-5-10(6-8(7)2)12-11(13(15)16)14-9(3)17-12/h4-6H,1-3H3,(H,15,16). The van der Waals surface area contributed by atoms with Crippen LogP contribution < -0.4 is 0 Å². The first-order chi connectivity index (χ1) is 7.99. The summed E-state index contributed by atoms with van der Waals surface area (Å²) in [7, 11) is 0. The SMILES string of the molecule is Cc1nc(C(=O)O)c(-c2ccc(C)c(C)c2)s1. The first-order valence-electron chi connectivity index (χ1n) is 5.27. The predicted molar refractivity (Wildman–Crippen MR) is 68.7 cm³/mol. The zero-order valence-electron chi connectivity index (χ0n) is 9.94. The summed E-state index contributed by atoms with van der Waals surface area (Å²) in [5.41, 5.74) is 3.43. The molecule has 0 unspecified atom stereocenters. The average molecular weight is 247 g/mol. The monoisotopic (exact) mass is 247 g/mol. The summed E-state index contributed by atoms with van der Waals surface area (Å²) < 4.78 is 0. The Hall–Kier alpha value is -1.68. The van der Waals surface area contributed by atoms with Gasteiger partial charge in [-0.3, -0.25) is 0 Å². The Kier molecular flexibility index (Phi) is 2.98.